The second-order valence-corrected chi connectivity index (χ2v) is 7.10. The number of aromatic nitrogens is 2. The molecule has 4 rings (SSSR count). The van der Waals surface area contributed by atoms with Crippen molar-refractivity contribution >= 4 is 0 Å². The standard InChI is InChI=1S/C19H27N5/c1-15-3-2-4-16(11-15)19-17(12-21-22-19)13-23-8-5-18(14-23)24-9-6-20-7-10-24/h2-4,11-12,18,20H,5-10,13-14H2,1H3,(H,21,22). The minimum absolute atomic E-state index is 0.724. The quantitative estimate of drug-likeness (QED) is 0.901. The molecule has 0 amide bonds. The molecule has 1 unspecified atom stereocenters. The summed E-state index contributed by atoms with van der Waals surface area (Å²) < 4.78 is 0. The zero-order chi connectivity index (χ0) is 16.4. The molecule has 0 aliphatic carbocycles. The highest BCUT2D eigenvalue weighted by Crippen LogP contribution is 2.25. The van der Waals surface area contributed by atoms with Crippen LogP contribution in [0.5, 0.6) is 0 Å². The molecule has 5 nitrogen and oxygen atoms in total. The summed E-state index contributed by atoms with van der Waals surface area (Å²) in [6.45, 7) is 10.1. The maximum absolute atomic E-state index is 4.31. The van der Waals surface area contributed by atoms with Crippen LogP contribution in [-0.4, -0.2) is 65.3 Å². The summed E-state index contributed by atoms with van der Waals surface area (Å²) in [5.41, 5.74) is 5.00. The van der Waals surface area contributed by atoms with E-state index >= 15 is 0 Å². The number of nitrogens with one attached hydrogen (secondary N) is 2. The first-order valence-corrected chi connectivity index (χ1v) is 9.06. The van der Waals surface area contributed by atoms with Crippen LogP contribution in [0.4, 0.5) is 0 Å². The van der Waals surface area contributed by atoms with Gasteiger partial charge in [-0.2, -0.15) is 5.10 Å². The second-order valence-electron chi connectivity index (χ2n) is 7.10. The summed E-state index contributed by atoms with van der Waals surface area (Å²) in [6.07, 6.45) is 3.29. The van der Waals surface area contributed by atoms with Crippen molar-refractivity contribution in [3.8, 4) is 11.3 Å². The van der Waals surface area contributed by atoms with Crippen molar-refractivity contribution in [2.45, 2.75) is 25.9 Å². The largest absolute Gasteiger partial charge is 0.314 e. The highest BCUT2D eigenvalue weighted by molar-refractivity contribution is 5.63. The SMILES string of the molecule is Cc1cccc(-c2[nH]ncc2CN2CCC(N3CCNCC3)C2)c1. The van der Waals surface area contributed by atoms with Crippen molar-refractivity contribution in [3.63, 3.8) is 0 Å². The highest BCUT2D eigenvalue weighted by Gasteiger charge is 2.28. The van der Waals surface area contributed by atoms with Gasteiger partial charge in [0.2, 0.25) is 0 Å². The zero-order valence-corrected chi connectivity index (χ0v) is 14.5. The molecule has 0 radical (unpaired) electrons. The van der Waals surface area contributed by atoms with Crippen molar-refractivity contribution in [3.05, 3.63) is 41.6 Å². The van der Waals surface area contributed by atoms with Gasteiger partial charge in [-0.25, -0.2) is 0 Å². The van der Waals surface area contributed by atoms with E-state index in [1.165, 1.54) is 55.0 Å². The van der Waals surface area contributed by atoms with Crippen molar-refractivity contribution < 1.29 is 0 Å². The number of hydrogen-bond acceptors (Lipinski definition) is 4. The third-order valence-corrected chi connectivity index (χ3v) is 5.33. The molecule has 3 heterocycles. The maximum atomic E-state index is 4.31. The van der Waals surface area contributed by atoms with Gasteiger partial charge in [0.25, 0.3) is 0 Å². The summed E-state index contributed by atoms with van der Waals surface area (Å²) >= 11 is 0. The normalized spacial score (nSPS) is 23.0. The first kappa shape index (κ1) is 15.8. The first-order chi connectivity index (χ1) is 11.8. The molecule has 2 aliphatic heterocycles. The molecule has 5 heteroatoms. The van der Waals surface area contributed by atoms with Crippen LogP contribution >= 0.6 is 0 Å². The first-order valence-electron chi connectivity index (χ1n) is 9.06. The second kappa shape index (κ2) is 7.05. The summed E-state index contributed by atoms with van der Waals surface area (Å²) in [5.74, 6) is 0. The number of piperazine rings is 1. The molecule has 2 fully saturated rings. The minimum Gasteiger partial charge on any atom is -0.314 e. The van der Waals surface area contributed by atoms with E-state index in [2.05, 4.69) is 56.5 Å². The van der Waals surface area contributed by atoms with Gasteiger partial charge < -0.3 is 5.32 Å². The lowest BCUT2D eigenvalue weighted by atomic mass is 10.1. The Bertz CT molecular complexity index is 674. The number of hydrogen-bond donors (Lipinski definition) is 2. The lowest BCUT2D eigenvalue weighted by Crippen LogP contribution is -2.49. The summed E-state index contributed by atoms with van der Waals surface area (Å²) in [5, 5.41) is 11.0. The smallest absolute Gasteiger partial charge is 0.0695 e. The Kier molecular flexibility index (Phi) is 4.65. The van der Waals surface area contributed by atoms with E-state index in [1.54, 1.807) is 0 Å². The fraction of sp³-hybridized carbons (Fsp3) is 0.526. The number of benzene rings is 1. The Balaban J connectivity index is 1.42. The molecule has 2 saturated heterocycles. The molecular weight excluding hydrogens is 298 g/mol. The minimum atomic E-state index is 0.724. The Hall–Kier alpha value is -1.69. The van der Waals surface area contributed by atoms with Gasteiger partial charge in [0.15, 0.2) is 0 Å². The van der Waals surface area contributed by atoms with Crippen LogP contribution in [0.2, 0.25) is 0 Å². The molecule has 0 saturated carbocycles. The number of rotatable bonds is 4. The molecule has 1 aromatic carbocycles. The van der Waals surface area contributed by atoms with E-state index in [9.17, 15) is 0 Å². The van der Waals surface area contributed by atoms with Crippen LogP contribution in [0.1, 0.15) is 17.5 Å². The van der Waals surface area contributed by atoms with Crippen LogP contribution in [0.25, 0.3) is 11.3 Å². The van der Waals surface area contributed by atoms with Crippen LogP contribution in [0.15, 0.2) is 30.5 Å². The van der Waals surface area contributed by atoms with E-state index in [0.717, 1.165) is 25.7 Å². The molecule has 128 valence electrons. The van der Waals surface area contributed by atoms with E-state index in [-0.39, 0.29) is 0 Å². The number of aryl methyl sites for hydroxylation is 1. The van der Waals surface area contributed by atoms with Crippen molar-refractivity contribution in [1.82, 2.24) is 25.3 Å². The molecule has 2 aliphatic rings. The third kappa shape index (κ3) is 3.38. The summed E-state index contributed by atoms with van der Waals surface area (Å²) in [6, 6.07) is 9.37. The predicted octanol–water partition coefficient (Wildman–Crippen LogP) is 1.86. The fourth-order valence-electron chi connectivity index (χ4n) is 4.02. The molecule has 24 heavy (non-hydrogen) atoms. The molecular formula is C19H27N5. The highest BCUT2D eigenvalue weighted by atomic mass is 15.3. The Labute approximate surface area is 144 Å². The fourth-order valence-corrected chi connectivity index (χ4v) is 4.02. The van der Waals surface area contributed by atoms with Crippen LogP contribution in [0.3, 0.4) is 0 Å². The Morgan fingerprint density at radius 3 is 2.92 bits per heavy atom. The van der Waals surface area contributed by atoms with Gasteiger partial charge in [-0.3, -0.25) is 14.9 Å². The van der Waals surface area contributed by atoms with Crippen LogP contribution in [-0.2, 0) is 6.54 Å². The monoisotopic (exact) mass is 325 g/mol. The maximum Gasteiger partial charge on any atom is 0.0695 e. The van der Waals surface area contributed by atoms with Gasteiger partial charge in [0.1, 0.15) is 0 Å². The molecule has 2 N–H and O–H groups in total. The predicted molar refractivity (Wildman–Crippen MR) is 96.9 cm³/mol. The lowest BCUT2D eigenvalue weighted by molar-refractivity contribution is 0.170. The number of likely N-dealkylation sites (tertiary alicyclic amines) is 1. The molecule has 0 spiro atoms. The van der Waals surface area contributed by atoms with Gasteiger partial charge in [-0.1, -0.05) is 23.8 Å². The van der Waals surface area contributed by atoms with E-state index in [1.807, 2.05) is 6.20 Å². The number of aromatic amines is 1. The average molecular weight is 325 g/mol. The summed E-state index contributed by atoms with van der Waals surface area (Å²) in [4.78, 5) is 5.24. The number of nitrogens with zero attached hydrogens (tertiary/aromatic N) is 3. The Morgan fingerprint density at radius 2 is 2.08 bits per heavy atom. The lowest BCUT2D eigenvalue weighted by Gasteiger charge is -2.32. The van der Waals surface area contributed by atoms with Gasteiger partial charge in [-0.05, 0) is 19.4 Å². The molecule has 0 bridgehead atoms. The van der Waals surface area contributed by atoms with Gasteiger partial charge in [0, 0.05) is 63.0 Å². The third-order valence-electron chi connectivity index (χ3n) is 5.33. The average Bonchev–Trinajstić information content (AvgIpc) is 3.26. The van der Waals surface area contributed by atoms with Crippen molar-refractivity contribution in [2.75, 3.05) is 39.3 Å². The van der Waals surface area contributed by atoms with Crippen LogP contribution < -0.4 is 5.32 Å². The zero-order valence-electron chi connectivity index (χ0n) is 14.5. The van der Waals surface area contributed by atoms with E-state index < -0.39 is 0 Å². The van der Waals surface area contributed by atoms with E-state index in [4.69, 9.17) is 0 Å². The van der Waals surface area contributed by atoms with Crippen molar-refractivity contribution in [1.29, 1.82) is 0 Å². The molecule has 2 aromatic rings. The van der Waals surface area contributed by atoms with Gasteiger partial charge >= 0.3 is 0 Å². The van der Waals surface area contributed by atoms with Gasteiger partial charge in [-0.15, -0.1) is 0 Å². The molecule has 1 atom stereocenters. The topological polar surface area (TPSA) is 47.2 Å². The summed E-state index contributed by atoms with van der Waals surface area (Å²) in [7, 11) is 0. The van der Waals surface area contributed by atoms with E-state index in [0.29, 0.717) is 0 Å². The van der Waals surface area contributed by atoms with Crippen LogP contribution in [0, 0.1) is 6.92 Å². The number of H-pyrrole nitrogens is 1. The van der Waals surface area contributed by atoms with Gasteiger partial charge in [0.05, 0.1) is 11.9 Å². The Morgan fingerprint density at radius 1 is 1.21 bits per heavy atom. The van der Waals surface area contributed by atoms with Crippen molar-refractivity contribution in [2.24, 2.45) is 0 Å². The molecule has 1 aromatic heterocycles.